The Morgan fingerprint density at radius 2 is 1.55 bits per heavy atom. The summed E-state index contributed by atoms with van der Waals surface area (Å²) in [7, 11) is 0. The summed E-state index contributed by atoms with van der Waals surface area (Å²) in [5, 5.41) is 3.42. The number of hydrogen-bond acceptors (Lipinski definition) is 3. The Balaban J connectivity index is 1.80. The van der Waals surface area contributed by atoms with E-state index in [1.807, 2.05) is 68.5 Å². The largest absolute Gasteiger partial charge is 0.300 e. The second-order valence-electron chi connectivity index (χ2n) is 5.23. The molecule has 0 bridgehead atoms. The van der Waals surface area contributed by atoms with Crippen LogP contribution < -0.4 is 5.32 Å². The molecule has 22 heavy (non-hydrogen) atoms. The minimum Gasteiger partial charge on any atom is -0.300 e. The number of aliphatic imine (C=N–C) groups is 1. The fourth-order valence-corrected chi connectivity index (χ4v) is 2.87. The Morgan fingerprint density at radius 3 is 2.18 bits per heavy atom. The molecule has 110 valence electrons. The van der Waals surface area contributed by atoms with E-state index in [4.69, 9.17) is 0 Å². The highest BCUT2D eigenvalue weighted by molar-refractivity contribution is 8.18. The summed E-state index contributed by atoms with van der Waals surface area (Å²) in [6.45, 7) is 4.08. The summed E-state index contributed by atoms with van der Waals surface area (Å²) in [5.41, 5.74) is 4.24. The third-order valence-corrected chi connectivity index (χ3v) is 4.20. The van der Waals surface area contributed by atoms with Crippen LogP contribution in [0.5, 0.6) is 0 Å². The summed E-state index contributed by atoms with van der Waals surface area (Å²) < 4.78 is 0. The van der Waals surface area contributed by atoms with Crippen LogP contribution in [0.3, 0.4) is 0 Å². The van der Waals surface area contributed by atoms with E-state index in [9.17, 15) is 4.79 Å². The van der Waals surface area contributed by atoms with Gasteiger partial charge in [-0.15, -0.1) is 0 Å². The van der Waals surface area contributed by atoms with Crippen LogP contribution in [0.15, 0.2) is 58.4 Å². The number of hydrogen-bond donors (Lipinski definition) is 1. The van der Waals surface area contributed by atoms with E-state index >= 15 is 0 Å². The van der Waals surface area contributed by atoms with Gasteiger partial charge in [0.2, 0.25) is 0 Å². The van der Waals surface area contributed by atoms with Gasteiger partial charge < -0.3 is 5.32 Å². The number of benzene rings is 2. The molecule has 1 amide bonds. The van der Waals surface area contributed by atoms with Crippen molar-refractivity contribution in [3.8, 4) is 0 Å². The van der Waals surface area contributed by atoms with Gasteiger partial charge in [0.05, 0.1) is 10.6 Å². The summed E-state index contributed by atoms with van der Waals surface area (Å²) in [6.07, 6.45) is 1.89. The van der Waals surface area contributed by atoms with E-state index in [2.05, 4.69) is 10.3 Å². The summed E-state index contributed by atoms with van der Waals surface area (Å²) in [5.74, 6) is -0.101. The van der Waals surface area contributed by atoms with Gasteiger partial charge >= 0.3 is 0 Å². The van der Waals surface area contributed by atoms with Crippen molar-refractivity contribution >= 4 is 34.6 Å². The molecule has 2 aromatic rings. The molecule has 0 spiro atoms. The molecule has 0 aliphatic carbocycles. The summed E-state index contributed by atoms with van der Waals surface area (Å²) >= 11 is 1.37. The molecule has 1 aliphatic rings. The second-order valence-corrected chi connectivity index (χ2v) is 6.26. The molecule has 0 aromatic heterocycles. The SMILES string of the molecule is Cc1ccc(C=C2SC(=Nc3ccc(C)cc3)NC2=O)cc1. The Kier molecular flexibility index (Phi) is 4.11. The number of carbonyl (C=O) groups excluding carboxylic acids is 1. The number of carbonyl (C=O) groups is 1. The number of rotatable bonds is 2. The van der Waals surface area contributed by atoms with Crippen molar-refractivity contribution in [2.75, 3.05) is 0 Å². The lowest BCUT2D eigenvalue weighted by atomic mass is 10.1. The fraction of sp³-hybridized carbons (Fsp3) is 0.111. The second kappa shape index (κ2) is 6.20. The van der Waals surface area contributed by atoms with Crippen LogP contribution in [-0.4, -0.2) is 11.1 Å². The third-order valence-electron chi connectivity index (χ3n) is 3.29. The molecule has 0 radical (unpaired) electrons. The van der Waals surface area contributed by atoms with Crippen LogP contribution in [0, 0.1) is 13.8 Å². The average molecular weight is 308 g/mol. The van der Waals surface area contributed by atoms with E-state index in [-0.39, 0.29) is 5.91 Å². The molecule has 1 fully saturated rings. The first-order chi connectivity index (χ1) is 10.6. The monoisotopic (exact) mass is 308 g/mol. The maximum atomic E-state index is 12.0. The zero-order valence-electron chi connectivity index (χ0n) is 12.5. The van der Waals surface area contributed by atoms with Crippen molar-refractivity contribution < 1.29 is 4.79 Å². The fourth-order valence-electron chi connectivity index (χ4n) is 2.03. The van der Waals surface area contributed by atoms with Crippen molar-refractivity contribution in [1.29, 1.82) is 0 Å². The van der Waals surface area contributed by atoms with Gasteiger partial charge in [-0.1, -0.05) is 47.5 Å². The third kappa shape index (κ3) is 3.46. The van der Waals surface area contributed by atoms with Crippen LogP contribution >= 0.6 is 11.8 Å². The average Bonchev–Trinajstić information content (AvgIpc) is 2.84. The Bertz CT molecular complexity index is 759. The maximum absolute atomic E-state index is 12.0. The lowest BCUT2D eigenvalue weighted by molar-refractivity contribution is -0.115. The van der Waals surface area contributed by atoms with E-state index < -0.39 is 0 Å². The minimum atomic E-state index is -0.101. The molecule has 3 rings (SSSR count). The predicted molar refractivity (Wildman–Crippen MR) is 93.2 cm³/mol. The highest BCUT2D eigenvalue weighted by Crippen LogP contribution is 2.28. The van der Waals surface area contributed by atoms with Crippen LogP contribution in [0.2, 0.25) is 0 Å². The Labute approximate surface area is 134 Å². The van der Waals surface area contributed by atoms with E-state index in [1.165, 1.54) is 22.9 Å². The molecule has 1 aliphatic heterocycles. The molecular formula is C18H16N2OS. The first-order valence-electron chi connectivity index (χ1n) is 7.03. The predicted octanol–water partition coefficient (Wildman–Crippen LogP) is 4.20. The zero-order valence-corrected chi connectivity index (χ0v) is 13.3. The standard InChI is InChI=1S/C18H16N2OS/c1-12-3-7-14(8-4-12)11-16-17(21)20-18(22-16)19-15-9-5-13(2)6-10-15/h3-11H,1-2H3,(H,19,20,21). The molecule has 2 aromatic carbocycles. The van der Waals surface area contributed by atoms with Gasteiger partial charge in [-0.3, -0.25) is 4.79 Å². The molecule has 4 heteroatoms. The molecule has 0 unspecified atom stereocenters. The highest BCUT2D eigenvalue weighted by atomic mass is 32.2. The molecule has 1 saturated heterocycles. The molecule has 0 saturated carbocycles. The van der Waals surface area contributed by atoms with Gasteiger partial charge in [0.25, 0.3) is 5.91 Å². The van der Waals surface area contributed by atoms with Crippen molar-refractivity contribution in [3.63, 3.8) is 0 Å². The number of amidine groups is 1. The Morgan fingerprint density at radius 1 is 0.955 bits per heavy atom. The van der Waals surface area contributed by atoms with Gasteiger partial charge in [0.15, 0.2) is 5.17 Å². The van der Waals surface area contributed by atoms with E-state index in [1.54, 1.807) is 0 Å². The van der Waals surface area contributed by atoms with Gasteiger partial charge in [-0.2, -0.15) is 0 Å². The van der Waals surface area contributed by atoms with Crippen molar-refractivity contribution in [2.45, 2.75) is 13.8 Å². The molecule has 3 nitrogen and oxygen atoms in total. The summed E-state index contributed by atoms with van der Waals surface area (Å²) in [4.78, 5) is 17.1. The number of nitrogens with zero attached hydrogens (tertiary/aromatic N) is 1. The number of aryl methyl sites for hydroxylation is 2. The van der Waals surface area contributed by atoms with Crippen molar-refractivity contribution in [2.24, 2.45) is 4.99 Å². The normalized spacial score (nSPS) is 18.0. The van der Waals surface area contributed by atoms with Gasteiger partial charge in [-0.25, -0.2) is 4.99 Å². The minimum absolute atomic E-state index is 0.101. The van der Waals surface area contributed by atoms with Crippen LogP contribution in [0.25, 0.3) is 6.08 Å². The first-order valence-corrected chi connectivity index (χ1v) is 7.85. The molecule has 1 N–H and O–H groups in total. The molecular weight excluding hydrogens is 292 g/mol. The Hall–Kier alpha value is -2.33. The maximum Gasteiger partial charge on any atom is 0.264 e. The van der Waals surface area contributed by atoms with Crippen LogP contribution in [-0.2, 0) is 4.79 Å². The highest BCUT2D eigenvalue weighted by Gasteiger charge is 2.23. The van der Waals surface area contributed by atoms with Crippen LogP contribution in [0.1, 0.15) is 16.7 Å². The lowest BCUT2D eigenvalue weighted by Crippen LogP contribution is -2.19. The van der Waals surface area contributed by atoms with E-state index in [0.29, 0.717) is 10.1 Å². The number of nitrogens with one attached hydrogen (secondary N) is 1. The summed E-state index contributed by atoms with van der Waals surface area (Å²) in [6, 6.07) is 16.0. The zero-order chi connectivity index (χ0) is 15.5. The number of amides is 1. The van der Waals surface area contributed by atoms with Crippen LogP contribution in [0.4, 0.5) is 5.69 Å². The van der Waals surface area contributed by atoms with E-state index in [0.717, 1.165) is 11.3 Å². The van der Waals surface area contributed by atoms with Crippen molar-refractivity contribution in [1.82, 2.24) is 5.32 Å². The lowest BCUT2D eigenvalue weighted by Gasteiger charge is -1.97. The molecule has 1 heterocycles. The van der Waals surface area contributed by atoms with Gasteiger partial charge in [0.1, 0.15) is 0 Å². The first kappa shape index (κ1) is 14.6. The van der Waals surface area contributed by atoms with Gasteiger partial charge in [0, 0.05) is 0 Å². The quantitative estimate of drug-likeness (QED) is 0.845. The van der Waals surface area contributed by atoms with Crippen molar-refractivity contribution in [3.05, 3.63) is 70.1 Å². The molecule has 0 atom stereocenters. The van der Waals surface area contributed by atoms with Gasteiger partial charge in [-0.05, 0) is 49.4 Å². The topological polar surface area (TPSA) is 41.5 Å². The number of thioether (sulfide) groups is 1. The smallest absolute Gasteiger partial charge is 0.264 e.